The standard InChI is InChI=1S/C16H17NO3S/c1-20-16-10-6-5-9-15(16)13-17-21(18,19)12-11-14-7-3-2-4-8-14/h2-12,17H,13H2,1H3/b12-11+. The van der Waals surface area contributed by atoms with Crippen molar-refractivity contribution in [2.75, 3.05) is 7.11 Å². The zero-order valence-electron chi connectivity index (χ0n) is 11.7. The second kappa shape index (κ2) is 7.06. The van der Waals surface area contributed by atoms with E-state index in [1.807, 2.05) is 48.5 Å². The molecule has 2 aromatic carbocycles. The predicted octanol–water partition coefficient (Wildman–Crippen LogP) is 2.79. The molecule has 0 atom stereocenters. The maximum atomic E-state index is 11.9. The van der Waals surface area contributed by atoms with Gasteiger partial charge in [-0.1, -0.05) is 48.5 Å². The van der Waals surface area contributed by atoms with Gasteiger partial charge in [0.15, 0.2) is 0 Å². The molecule has 2 aromatic rings. The highest BCUT2D eigenvalue weighted by Crippen LogP contribution is 2.17. The molecular formula is C16H17NO3S. The minimum absolute atomic E-state index is 0.186. The topological polar surface area (TPSA) is 55.4 Å². The second-order valence-electron chi connectivity index (χ2n) is 4.39. The Morgan fingerprint density at radius 3 is 2.43 bits per heavy atom. The van der Waals surface area contributed by atoms with Gasteiger partial charge in [-0.15, -0.1) is 0 Å². The molecule has 0 heterocycles. The van der Waals surface area contributed by atoms with Crippen molar-refractivity contribution in [1.82, 2.24) is 4.72 Å². The zero-order valence-corrected chi connectivity index (χ0v) is 12.5. The fourth-order valence-electron chi connectivity index (χ4n) is 1.81. The molecule has 0 aliphatic carbocycles. The smallest absolute Gasteiger partial charge is 0.234 e. The van der Waals surface area contributed by atoms with E-state index in [2.05, 4.69) is 4.72 Å². The van der Waals surface area contributed by atoms with Crippen LogP contribution in [-0.2, 0) is 16.6 Å². The van der Waals surface area contributed by atoms with Gasteiger partial charge < -0.3 is 4.74 Å². The summed E-state index contributed by atoms with van der Waals surface area (Å²) < 4.78 is 31.6. The Labute approximate surface area is 125 Å². The summed E-state index contributed by atoms with van der Waals surface area (Å²) in [5.74, 6) is 0.659. The molecule has 0 aromatic heterocycles. The number of rotatable bonds is 6. The normalized spacial score (nSPS) is 11.7. The molecule has 4 nitrogen and oxygen atoms in total. The second-order valence-corrected chi connectivity index (χ2v) is 6.04. The van der Waals surface area contributed by atoms with E-state index in [1.165, 1.54) is 0 Å². The van der Waals surface area contributed by atoms with Crippen LogP contribution in [0.15, 0.2) is 60.0 Å². The number of hydrogen-bond acceptors (Lipinski definition) is 3. The van der Waals surface area contributed by atoms with Crippen LogP contribution < -0.4 is 9.46 Å². The lowest BCUT2D eigenvalue weighted by molar-refractivity contribution is 0.409. The van der Waals surface area contributed by atoms with Gasteiger partial charge in [0.05, 0.1) is 7.11 Å². The summed E-state index contributed by atoms with van der Waals surface area (Å²) in [7, 11) is -1.93. The van der Waals surface area contributed by atoms with Crippen molar-refractivity contribution >= 4 is 16.1 Å². The Hall–Kier alpha value is -2.11. The van der Waals surface area contributed by atoms with Crippen molar-refractivity contribution in [2.45, 2.75) is 6.54 Å². The molecule has 0 radical (unpaired) electrons. The lowest BCUT2D eigenvalue weighted by Crippen LogP contribution is -2.20. The van der Waals surface area contributed by atoms with Gasteiger partial charge in [0.25, 0.3) is 0 Å². The van der Waals surface area contributed by atoms with Crippen molar-refractivity contribution in [2.24, 2.45) is 0 Å². The van der Waals surface area contributed by atoms with Crippen molar-refractivity contribution in [3.05, 3.63) is 71.1 Å². The van der Waals surface area contributed by atoms with Gasteiger partial charge in [0.1, 0.15) is 5.75 Å². The first-order valence-electron chi connectivity index (χ1n) is 6.45. The van der Waals surface area contributed by atoms with Gasteiger partial charge >= 0.3 is 0 Å². The summed E-state index contributed by atoms with van der Waals surface area (Å²) in [6.45, 7) is 0.186. The van der Waals surface area contributed by atoms with Crippen molar-refractivity contribution < 1.29 is 13.2 Å². The summed E-state index contributed by atoms with van der Waals surface area (Å²) in [4.78, 5) is 0. The first-order chi connectivity index (χ1) is 10.1. The summed E-state index contributed by atoms with van der Waals surface area (Å²) in [5.41, 5.74) is 1.62. The molecule has 2 rings (SSSR count). The highest BCUT2D eigenvalue weighted by molar-refractivity contribution is 7.92. The average Bonchev–Trinajstić information content (AvgIpc) is 2.52. The van der Waals surface area contributed by atoms with Crippen molar-refractivity contribution in [1.29, 1.82) is 0 Å². The van der Waals surface area contributed by atoms with Crippen LogP contribution in [0.3, 0.4) is 0 Å². The van der Waals surface area contributed by atoms with Crippen molar-refractivity contribution in [3.8, 4) is 5.75 Å². The Bertz CT molecular complexity index is 709. The molecule has 0 aliphatic rings. The highest BCUT2D eigenvalue weighted by Gasteiger charge is 2.07. The lowest BCUT2D eigenvalue weighted by atomic mass is 10.2. The van der Waals surface area contributed by atoms with E-state index in [9.17, 15) is 8.42 Å². The SMILES string of the molecule is COc1ccccc1CNS(=O)(=O)/C=C/c1ccccc1. The molecule has 5 heteroatoms. The Morgan fingerprint density at radius 2 is 1.71 bits per heavy atom. The maximum Gasteiger partial charge on any atom is 0.234 e. The predicted molar refractivity (Wildman–Crippen MR) is 84.2 cm³/mol. The third kappa shape index (κ3) is 4.73. The van der Waals surface area contributed by atoms with Crippen LogP contribution in [0.4, 0.5) is 0 Å². The van der Waals surface area contributed by atoms with E-state index in [-0.39, 0.29) is 6.54 Å². The number of para-hydroxylation sites is 1. The largest absolute Gasteiger partial charge is 0.496 e. The first-order valence-corrected chi connectivity index (χ1v) is 8.00. The summed E-state index contributed by atoms with van der Waals surface area (Å²) in [6, 6.07) is 16.6. The molecule has 0 bridgehead atoms. The molecule has 0 saturated carbocycles. The molecule has 0 saturated heterocycles. The fourth-order valence-corrected chi connectivity index (χ4v) is 2.60. The minimum Gasteiger partial charge on any atom is -0.496 e. The molecular weight excluding hydrogens is 286 g/mol. The molecule has 0 aliphatic heterocycles. The Kier molecular flexibility index (Phi) is 5.14. The zero-order chi connectivity index (χ0) is 15.1. The average molecular weight is 303 g/mol. The summed E-state index contributed by atoms with van der Waals surface area (Å²) >= 11 is 0. The number of methoxy groups -OCH3 is 1. The van der Waals surface area contributed by atoms with Gasteiger partial charge in [0.2, 0.25) is 10.0 Å². The van der Waals surface area contributed by atoms with Crippen LogP contribution in [0.25, 0.3) is 6.08 Å². The third-order valence-electron chi connectivity index (χ3n) is 2.90. The quantitative estimate of drug-likeness (QED) is 0.893. The van der Waals surface area contributed by atoms with Crippen LogP contribution in [0.2, 0.25) is 0 Å². The lowest BCUT2D eigenvalue weighted by Gasteiger charge is -2.08. The van der Waals surface area contributed by atoms with Gasteiger partial charge in [-0.2, -0.15) is 0 Å². The summed E-state index contributed by atoms with van der Waals surface area (Å²) in [5, 5.41) is 1.16. The summed E-state index contributed by atoms with van der Waals surface area (Å²) in [6.07, 6.45) is 1.56. The number of sulfonamides is 1. The van der Waals surface area contributed by atoms with E-state index in [0.29, 0.717) is 5.75 Å². The van der Waals surface area contributed by atoms with Gasteiger partial charge in [-0.05, 0) is 17.7 Å². The molecule has 0 unspecified atom stereocenters. The number of benzene rings is 2. The van der Waals surface area contributed by atoms with Gasteiger partial charge in [-0.25, -0.2) is 13.1 Å². The van der Waals surface area contributed by atoms with Crippen LogP contribution in [-0.4, -0.2) is 15.5 Å². The number of hydrogen-bond donors (Lipinski definition) is 1. The van der Waals surface area contributed by atoms with Crippen LogP contribution >= 0.6 is 0 Å². The van der Waals surface area contributed by atoms with Crippen molar-refractivity contribution in [3.63, 3.8) is 0 Å². The Balaban J connectivity index is 2.03. The number of ether oxygens (including phenoxy) is 1. The van der Waals surface area contributed by atoms with Gasteiger partial charge in [-0.3, -0.25) is 0 Å². The van der Waals surface area contributed by atoms with Gasteiger partial charge in [0, 0.05) is 17.5 Å². The van der Waals surface area contributed by atoms with E-state index >= 15 is 0 Å². The van der Waals surface area contributed by atoms with E-state index in [1.54, 1.807) is 19.3 Å². The molecule has 0 amide bonds. The van der Waals surface area contributed by atoms with Crippen LogP contribution in [0.5, 0.6) is 5.75 Å². The van der Waals surface area contributed by atoms with E-state index in [4.69, 9.17) is 4.74 Å². The van der Waals surface area contributed by atoms with E-state index < -0.39 is 10.0 Å². The van der Waals surface area contributed by atoms with E-state index in [0.717, 1.165) is 16.5 Å². The molecule has 0 fully saturated rings. The minimum atomic E-state index is -3.49. The maximum absolute atomic E-state index is 11.9. The fraction of sp³-hybridized carbons (Fsp3) is 0.125. The monoisotopic (exact) mass is 303 g/mol. The molecule has 0 spiro atoms. The third-order valence-corrected chi connectivity index (χ3v) is 3.94. The molecule has 21 heavy (non-hydrogen) atoms. The highest BCUT2D eigenvalue weighted by atomic mass is 32.2. The number of nitrogens with one attached hydrogen (secondary N) is 1. The molecule has 1 N–H and O–H groups in total. The van der Waals surface area contributed by atoms with Crippen LogP contribution in [0, 0.1) is 0 Å². The first kappa shape index (κ1) is 15.3. The molecule has 110 valence electrons. The van der Waals surface area contributed by atoms with Crippen LogP contribution in [0.1, 0.15) is 11.1 Å². The Morgan fingerprint density at radius 1 is 1.05 bits per heavy atom.